The molecule has 0 aliphatic rings. The van der Waals surface area contributed by atoms with Crippen molar-refractivity contribution in [1.29, 1.82) is 0 Å². The first-order chi connectivity index (χ1) is 12.1. The normalized spacial score (nSPS) is 13.2. The first kappa shape index (κ1) is 17.0. The number of methoxy groups -OCH3 is 1. The molecule has 0 unspecified atom stereocenters. The molecular formula is C21H22N2O2. The zero-order valence-corrected chi connectivity index (χ0v) is 14.7. The predicted molar refractivity (Wildman–Crippen MR) is 99.7 cm³/mol. The number of hydrogen-bond donors (Lipinski definition) is 1. The summed E-state index contributed by atoms with van der Waals surface area (Å²) in [6.07, 6.45) is 1.74. The van der Waals surface area contributed by atoms with E-state index in [1.807, 2.05) is 62.4 Å². The molecule has 4 heteroatoms. The Hall–Kier alpha value is -2.88. The van der Waals surface area contributed by atoms with Crippen LogP contribution in [-0.4, -0.2) is 18.0 Å². The number of fused-ring (bicyclic) bond motifs is 1. The number of nitrogens with one attached hydrogen (secondary N) is 1. The average molecular weight is 334 g/mol. The fraction of sp³-hybridized carbons (Fsp3) is 0.238. The summed E-state index contributed by atoms with van der Waals surface area (Å²) >= 11 is 0. The summed E-state index contributed by atoms with van der Waals surface area (Å²) in [4.78, 5) is 16.9. The van der Waals surface area contributed by atoms with Gasteiger partial charge in [-0.05, 0) is 54.4 Å². The lowest BCUT2D eigenvalue weighted by Gasteiger charge is -2.18. The van der Waals surface area contributed by atoms with E-state index in [1.165, 1.54) is 0 Å². The molecule has 128 valence electrons. The van der Waals surface area contributed by atoms with Crippen molar-refractivity contribution in [1.82, 2.24) is 10.3 Å². The summed E-state index contributed by atoms with van der Waals surface area (Å²) in [5.41, 5.74) is 1.84. The second-order valence-corrected chi connectivity index (χ2v) is 6.18. The van der Waals surface area contributed by atoms with Gasteiger partial charge in [-0.25, -0.2) is 0 Å². The van der Waals surface area contributed by atoms with Crippen LogP contribution in [0.15, 0.2) is 60.8 Å². The van der Waals surface area contributed by atoms with Crippen LogP contribution in [0.25, 0.3) is 10.8 Å². The third kappa shape index (κ3) is 3.79. The van der Waals surface area contributed by atoms with Crippen LogP contribution in [-0.2, 0) is 4.79 Å². The Morgan fingerprint density at radius 2 is 1.80 bits per heavy atom. The summed E-state index contributed by atoms with van der Waals surface area (Å²) in [5.74, 6) is 0.582. The molecule has 1 amide bonds. The highest BCUT2D eigenvalue weighted by Gasteiger charge is 2.18. The highest BCUT2D eigenvalue weighted by Crippen LogP contribution is 2.25. The first-order valence-electron chi connectivity index (χ1n) is 8.37. The van der Waals surface area contributed by atoms with E-state index in [0.717, 1.165) is 27.8 Å². The number of nitrogens with zero attached hydrogens (tertiary/aromatic N) is 1. The minimum absolute atomic E-state index is 0.00832. The number of carbonyl (C=O) groups excluding carboxylic acids is 1. The summed E-state index contributed by atoms with van der Waals surface area (Å²) < 4.78 is 5.25. The topological polar surface area (TPSA) is 51.2 Å². The van der Waals surface area contributed by atoms with Crippen molar-refractivity contribution in [3.05, 3.63) is 72.1 Å². The Bertz CT molecular complexity index is 877. The van der Waals surface area contributed by atoms with Gasteiger partial charge in [-0.1, -0.05) is 30.3 Å². The molecular weight excluding hydrogens is 312 g/mol. The van der Waals surface area contributed by atoms with E-state index in [2.05, 4.69) is 16.4 Å². The van der Waals surface area contributed by atoms with Crippen molar-refractivity contribution in [2.45, 2.75) is 25.8 Å². The summed E-state index contributed by atoms with van der Waals surface area (Å²) in [5, 5.41) is 5.23. The van der Waals surface area contributed by atoms with Crippen LogP contribution in [0.5, 0.6) is 5.75 Å². The Morgan fingerprint density at radius 3 is 2.52 bits per heavy atom. The Labute approximate surface area is 147 Å². The van der Waals surface area contributed by atoms with Gasteiger partial charge in [0.2, 0.25) is 5.91 Å². The largest absolute Gasteiger partial charge is 0.497 e. The number of pyridine rings is 1. The Morgan fingerprint density at radius 1 is 1.04 bits per heavy atom. The van der Waals surface area contributed by atoms with Crippen molar-refractivity contribution < 1.29 is 9.53 Å². The number of rotatable bonds is 5. The first-order valence-corrected chi connectivity index (χ1v) is 8.37. The Balaban J connectivity index is 1.76. The molecule has 3 rings (SSSR count). The maximum Gasteiger partial charge on any atom is 0.227 e. The number of ether oxygens (including phenoxy) is 1. The van der Waals surface area contributed by atoms with Crippen molar-refractivity contribution in [2.24, 2.45) is 0 Å². The molecule has 2 atom stereocenters. The molecule has 0 fully saturated rings. The molecule has 0 bridgehead atoms. The van der Waals surface area contributed by atoms with E-state index < -0.39 is 0 Å². The summed E-state index contributed by atoms with van der Waals surface area (Å²) in [6.45, 7) is 3.87. The summed E-state index contributed by atoms with van der Waals surface area (Å²) in [7, 11) is 1.66. The Kier molecular flexibility index (Phi) is 4.98. The van der Waals surface area contributed by atoms with Crippen LogP contribution in [0.1, 0.15) is 37.1 Å². The number of aromatic nitrogens is 1. The monoisotopic (exact) mass is 334 g/mol. The van der Waals surface area contributed by atoms with Crippen LogP contribution in [0.3, 0.4) is 0 Å². The number of benzene rings is 2. The van der Waals surface area contributed by atoms with Gasteiger partial charge < -0.3 is 10.1 Å². The third-order valence-corrected chi connectivity index (χ3v) is 4.45. The van der Waals surface area contributed by atoms with E-state index in [9.17, 15) is 4.79 Å². The van der Waals surface area contributed by atoms with Gasteiger partial charge in [0.05, 0.1) is 24.8 Å². The highest BCUT2D eigenvalue weighted by molar-refractivity contribution is 5.88. The van der Waals surface area contributed by atoms with Crippen LogP contribution in [0.2, 0.25) is 0 Å². The van der Waals surface area contributed by atoms with Crippen LogP contribution >= 0.6 is 0 Å². The van der Waals surface area contributed by atoms with E-state index in [0.29, 0.717) is 0 Å². The molecule has 1 heterocycles. The molecule has 25 heavy (non-hydrogen) atoms. The fourth-order valence-corrected chi connectivity index (χ4v) is 2.83. The molecule has 0 aliphatic heterocycles. The molecule has 0 saturated carbocycles. The second-order valence-electron chi connectivity index (χ2n) is 6.18. The van der Waals surface area contributed by atoms with Gasteiger partial charge in [-0.15, -0.1) is 0 Å². The lowest BCUT2D eigenvalue weighted by molar-refractivity contribution is -0.122. The van der Waals surface area contributed by atoms with Crippen molar-refractivity contribution >= 4 is 16.7 Å². The van der Waals surface area contributed by atoms with Gasteiger partial charge in [0.25, 0.3) is 0 Å². The zero-order valence-electron chi connectivity index (χ0n) is 14.7. The maximum atomic E-state index is 12.6. The van der Waals surface area contributed by atoms with Crippen LogP contribution in [0, 0.1) is 0 Å². The summed E-state index contributed by atoms with van der Waals surface area (Å²) in [6, 6.07) is 17.6. The molecule has 2 aromatic carbocycles. The standard InChI is InChI=1S/C21H22N2O2/c1-14(21(24)23-15(2)20-6-4-5-11-22-20)16-7-8-18-13-19(25-3)10-9-17(18)12-16/h4-15H,1-3H3,(H,23,24)/t14-,15+/m0/s1. The van der Waals surface area contributed by atoms with Gasteiger partial charge in [0.15, 0.2) is 0 Å². The zero-order chi connectivity index (χ0) is 17.8. The SMILES string of the molecule is COc1ccc2cc([C@H](C)C(=O)N[C@H](C)c3ccccn3)ccc2c1. The van der Waals surface area contributed by atoms with Gasteiger partial charge in [-0.3, -0.25) is 9.78 Å². The predicted octanol–water partition coefficient (Wildman–Crippen LogP) is 4.22. The van der Waals surface area contributed by atoms with Crippen molar-refractivity contribution in [3.8, 4) is 5.75 Å². The van der Waals surface area contributed by atoms with Gasteiger partial charge in [0, 0.05) is 6.20 Å². The number of hydrogen-bond acceptors (Lipinski definition) is 3. The van der Waals surface area contributed by atoms with Gasteiger partial charge in [-0.2, -0.15) is 0 Å². The smallest absolute Gasteiger partial charge is 0.227 e. The van der Waals surface area contributed by atoms with E-state index >= 15 is 0 Å². The highest BCUT2D eigenvalue weighted by atomic mass is 16.5. The lowest BCUT2D eigenvalue weighted by atomic mass is 9.96. The molecule has 0 radical (unpaired) electrons. The fourth-order valence-electron chi connectivity index (χ4n) is 2.83. The van der Waals surface area contributed by atoms with Crippen LogP contribution < -0.4 is 10.1 Å². The van der Waals surface area contributed by atoms with E-state index in [-0.39, 0.29) is 17.9 Å². The number of amides is 1. The van der Waals surface area contributed by atoms with Crippen molar-refractivity contribution in [3.63, 3.8) is 0 Å². The van der Waals surface area contributed by atoms with Gasteiger partial charge >= 0.3 is 0 Å². The molecule has 3 aromatic rings. The molecule has 1 N–H and O–H groups in total. The molecule has 1 aromatic heterocycles. The minimum Gasteiger partial charge on any atom is -0.497 e. The number of carbonyl (C=O) groups is 1. The molecule has 4 nitrogen and oxygen atoms in total. The molecule has 0 aliphatic carbocycles. The quantitative estimate of drug-likeness (QED) is 0.760. The third-order valence-electron chi connectivity index (χ3n) is 4.45. The minimum atomic E-state index is -0.238. The lowest BCUT2D eigenvalue weighted by Crippen LogP contribution is -2.30. The maximum absolute atomic E-state index is 12.6. The molecule has 0 saturated heterocycles. The average Bonchev–Trinajstić information content (AvgIpc) is 2.67. The van der Waals surface area contributed by atoms with Crippen LogP contribution in [0.4, 0.5) is 0 Å². The molecule has 0 spiro atoms. The van der Waals surface area contributed by atoms with E-state index in [1.54, 1.807) is 13.3 Å². The second kappa shape index (κ2) is 7.34. The van der Waals surface area contributed by atoms with Crippen molar-refractivity contribution in [2.75, 3.05) is 7.11 Å². The van der Waals surface area contributed by atoms with Gasteiger partial charge in [0.1, 0.15) is 5.75 Å². The van der Waals surface area contributed by atoms with E-state index in [4.69, 9.17) is 4.74 Å².